The van der Waals surface area contributed by atoms with Crippen molar-refractivity contribution in [3.05, 3.63) is 22.9 Å². The van der Waals surface area contributed by atoms with Crippen molar-refractivity contribution in [2.24, 2.45) is 5.92 Å². The second-order valence-corrected chi connectivity index (χ2v) is 4.13. The number of hydrogen-bond acceptors (Lipinski definition) is 3. The van der Waals surface area contributed by atoms with Gasteiger partial charge in [0.25, 0.3) is 0 Å². The quantitative estimate of drug-likeness (QED) is 0.819. The van der Waals surface area contributed by atoms with Crippen LogP contribution in [0.3, 0.4) is 0 Å². The largest absolute Gasteiger partial charge is 0.324 e. The molecule has 82 valence electrons. The first-order valence-corrected chi connectivity index (χ1v) is 5.50. The lowest BCUT2D eigenvalue weighted by molar-refractivity contribution is -0.119. The van der Waals surface area contributed by atoms with E-state index in [0.29, 0.717) is 12.2 Å². The molecule has 1 rings (SSSR count). The molecule has 0 aromatic carbocycles. The Balaban J connectivity index is 2.54. The molecule has 0 fully saturated rings. The number of pyridine rings is 1. The SMILES string of the molecule is CNCC(C)C(=O)Nc1ccc(Br)nc1. The lowest BCUT2D eigenvalue weighted by Crippen LogP contribution is -2.28. The summed E-state index contributed by atoms with van der Waals surface area (Å²) in [7, 11) is 1.82. The first-order valence-electron chi connectivity index (χ1n) is 4.70. The van der Waals surface area contributed by atoms with Gasteiger partial charge in [-0.25, -0.2) is 4.98 Å². The third-order valence-corrected chi connectivity index (χ3v) is 2.42. The second kappa shape index (κ2) is 5.82. The van der Waals surface area contributed by atoms with Gasteiger partial charge in [0.15, 0.2) is 0 Å². The standard InChI is InChI=1S/C10H14BrN3O/c1-7(5-12-2)10(15)14-8-3-4-9(11)13-6-8/h3-4,6-7,12H,5H2,1-2H3,(H,14,15). The number of aromatic nitrogens is 1. The van der Waals surface area contributed by atoms with Crippen LogP contribution in [0, 0.1) is 5.92 Å². The number of nitrogens with zero attached hydrogens (tertiary/aromatic N) is 1. The van der Waals surface area contributed by atoms with Crippen LogP contribution in [0.15, 0.2) is 22.9 Å². The molecule has 2 N–H and O–H groups in total. The van der Waals surface area contributed by atoms with Gasteiger partial charge in [-0.3, -0.25) is 4.79 Å². The summed E-state index contributed by atoms with van der Waals surface area (Å²) in [5, 5.41) is 5.75. The minimum atomic E-state index is -0.0568. The van der Waals surface area contributed by atoms with Gasteiger partial charge in [0.2, 0.25) is 5.91 Å². The molecule has 0 saturated carbocycles. The number of carbonyl (C=O) groups is 1. The highest BCUT2D eigenvalue weighted by molar-refractivity contribution is 9.10. The molecule has 5 heteroatoms. The Morgan fingerprint density at radius 1 is 1.60 bits per heavy atom. The Bertz CT molecular complexity index is 326. The van der Waals surface area contributed by atoms with Gasteiger partial charge in [-0.1, -0.05) is 6.92 Å². The summed E-state index contributed by atoms with van der Waals surface area (Å²) in [5.41, 5.74) is 0.714. The van der Waals surface area contributed by atoms with E-state index in [-0.39, 0.29) is 11.8 Å². The molecule has 0 aliphatic carbocycles. The molecule has 1 amide bonds. The fraction of sp³-hybridized carbons (Fsp3) is 0.400. The molecular weight excluding hydrogens is 258 g/mol. The van der Waals surface area contributed by atoms with E-state index in [0.717, 1.165) is 4.60 Å². The zero-order valence-corrected chi connectivity index (χ0v) is 10.3. The number of amides is 1. The highest BCUT2D eigenvalue weighted by Gasteiger charge is 2.11. The van der Waals surface area contributed by atoms with Gasteiger partial charge in [-0.05, 0) is 35.1 Å². The van der Waals surface area contributed by atoms with E-state index >= 15 is 0 Å². The van der Waals surface area contributed by atoms with E-state index in [1.807, 2.05) is 14.0 Å². The normalized spacial score (nSPS) is 12.2. The van der Waals surface area contributed by atoms with Gasteiger partial charge in [-0.2, -0.15) is 0 Å². The van der Waals surface area contributed by atoms with Crippen LogP contribution in [-0.4, -0.2) is 24.5 Å². The summed E-state index contributed by atoms with van der Waals surface area (Å²) in [6.45, 7) is 2.54. The van der Waals surface area contributed by atoms with E-state index < -0.39 is 0 Å². The zero-order valence-electron chi connectivity index (χ0n) is 8.75. The van der Waals surface area contributed by atoms with E-state index in [1.165, 1.54) is 0 Å². The molecule has 0 spiro atoms. The number of hydrogen-bond donors (Lipinski definition) is 2. The molecule has 4 nitrogen and oxygen atoms in total. The van der Waals surface area contributed by atoms with Crippen molar-refractivity contribution >= 4 is 27.5 Å². The van der Waals surface area contributed by atoms with Crippen molar-refractivity contribution in [2.45, 2.75) is 6.92 Å². The maximum absolute atomic E-state index is 11.6. The van der Waals surface area contributed by atoms with Gasteiger partial charge in [-0.15, -0.1) is 0 Å². The molecule has 0 bridgehead atoms. The van der Waals surface area contributed by atoms with Crippen molar-refractivity contribution in [3.63, 3.8) is 0 Å². The first kappa shape index (κ1) is 12.1. The van der Waals surface area contributed by atoms with Crippen molar-refractivity contribution in [1.82, 2.24) is 10.3 Å². The minimum absolute atomic E-state index is 0.00604. The van der Waals surface area contributed by atoms with E-state index in [9.17, 15) is 4.79 Å². The highest BCUT2D eigenvalue weighted by Crippen LogP contribution is 2.11. The molecule has 1 atom stereocenters. The molecule has 1 aromatic heterocycles. The van der Waals surface area contributed by atoms with Gasteiger partial charge >= 0.3 is 0 Å². The van der Waals surface area contributed by atoms with Crippen molar-refractivity contribution in [3.8, 4) is 0 Å². The van der Waals surface area contributed by atoms with E-state index in [4.69, 9.17) is 0 Å². The smallest absolute Gasteiger partial charge is 0.228 e. The lowest BCUT2D eigenvalue weighted by Gasteiger charge is -2.11. The van der Waals surface area contributed by atoms with Crippen LogP contribution in [0.1, 0.15) is 6.92 Å². The maximum Gasteiger partial charge on any atom is 0.228 e. The number of anilines is 1. The van der Waals surface area contributed by atoms with Crippen molar-refractivity contribution in [1.29, 1.82) is 0 Å². The minimum Gasteiger partial charge on any atom is -0.324 e. The molecule has 0 radical (unpaired) electrons. The van der Waals surface area contributed by atoms with Crippen LogP contribution in [0.5, 0.6) is 0 Å². The molecular formula is C10H14BrN3O. The summed E-state index contributed by atoms with van der Waals surface area (Å²) in [5.74, 6) is -0.0629. The topological polar surface area (TPSA) is 54.0 Å². The van der Waals surface area contributed by atoms with Crippen LogP contribution in [0.4, 0.5) is 5.69 Å². The molecule has 15 heavy (non-hydrogen) atoms. The summed E-state index contributed by atoms with van der Waals surface area (Å²) < 4.78 is 0.753. The van der Waals surface area contributed by atoms with Crippen molar-refractivity contribution < 1.29 is 4.79 Å². The number of halogens is 1. The maximum atomic E-state index is 11.6. The van der Waals surface area contributed by atoms with Crippen LogP contribution < -0.4 is 10.6 Å². The Morgan fingerprint density at radius 2 is 2.33 bits per heavy atom. The fourth-order valence-corrected chi connectivity index (χ4v) is 1.35. The van der Waals surface area contributed by atoms with Crippen molar-refractivity contribution in [2.75, 3.05) is 18.9 Å². The monoisotopic (exact) mass is 271 g/mol. The summed E-state index contributed by atoms with van der Waals surface area (Å²) >= 11 is 3.23. The predicted octanol–water partition coefficient (Wildman–Crippen LogP) is 1.64. The summed E-state index contributed by atoms with van der Waals surface area (Å²) in [6, 6.07) is 3.60. The van der Waals surface area contributed by atoms with E-state index in [1.54, 1.807) is 18.3 Å². The third kappa shape index (κ3) is 3.97. The predicted molar refractivity (Wildman–Crippen MR) is 63.7 cm³/mol. The average Bonchev–Trinajstić information content (AvgIpc) is 2.22. The van der Waals surface area contributed by atoms with Gasteiger partial charge in [0, 0.05) is 12.5 Å². The zero-order chi connectivity index (χ0) is 11.3. The van der Waals surface area contributed by atoms with Crippen LogP contribution in [0.25, 0.3) is 0 Å². The number of carbonyl (C=O) groups excluding carboxylic acids is 1. The molecule has 1 unspecified atom stereocenters. The summed E-state index contributed by atoms with van der Waals surface area (Å²) in [6.07, 6.45) is 1.62. The number of rotatable bonds is 4. The number of nitrogens with one attached hydrogen (secondary N) is 2. The van der Waals surface area contributed by atoms with E-state index in [2.05, 4.69) is 31.5 Å². The summed E-state index contributed by atoms with van der Waals surface area (Å²) in [4.78, 5) is 15.6. The second-order valence-electron chi connectivity index (χ2n) is 3.32. The highest BCUT2D eigenvalue weighted by atomic mass is 79.9. The Hall–Kier alpha value is -0.940. The van der Waals surface area contributed by atoms with Gasteiger partial charge in [0.1, 0.15) is 4.60 Å². The Kier molecular flexibility index (Phi) is 4.71. The molecule has 0 aliphatic heterocycles. The van der Waals surface area contributed by atoms with Crippen LogP contribution in [0.2, 0.25) is 0 Å². The molecule has 1 aromatic rings. The van der Waals surface area contributed by atoms with Gasteiger partial charge in [0.05, 0.1) is 11.9 Å². The first-order chi connectivity index (χ1) is 7.13. The Morgan fingerprint density at radius 3 is 2.87 bits per heavy atom. The van der Waals surface area contributed by atoms with Crippen LogP contribution >= 0.6 is 15.9 Å². The lowest BCUT2D eigenvalue weighted by atomic mass is 10.1. The fourth-order valence-electron chi connectivity index (χ4n) is 1.11. The molecule has 1 heterocycles. The average molecular weight is 272 g/mol. The third-order valence-electron chi connectivity index (χ3n) is 1.95. The molecule has 0 aliphatic rings. The van der Waals surface area contributed by atoms with Crippen LogP contribution in [-0.2, 0) is 4.79 Å². The Labute approximate surface area is 97.6 Å². The van der Waals surface area contributed by atoms with Gasteiger partial charge < -0.3 is 10.6 Å². The molecule has 0 saturated heterocycles.